The molecule has 0 bridgehead atoms. The van der Waals surface area contributed by atoms with E-state index in [0.717, 1.165) is 37.1 Å². The van der Waals surface area contributed by atoms with Crippen LogP contribution in [0.4, 0.5) is 13.2 Å². The first-order chi connectivity index (χ1) is 17.7. The fourth-order valence-electron chi connectivity index (χ4n) is 4.49. The fraction of sp³-hybridized carbons (Fsp3) is 0.222. The van der Waals surface area contributed by atoms with Gasteiger partial charge in [0.05, 0.1) is 17.4 Å². The van der Waals surface area contributed by atoms with E-state index in [2.05, 4.69) is 32.5 Å². The lowest BCUT2D eigenvalue weighted by Crippen LogP contribution is -2.26. The molecule has 0 unspecified atom stereocenters. The van der Waals surface area contributed by atoms with E-state index in [1.807, 2.05) is 18.2 Å². The van der Waals surface area contributed by atoms with E-state index in [1.165, 1.54) is 40.6 Å². The highest BCUT2D eigenvalue weighted by molar-refractivity contribution is 5.90. The van der Waals surface area contributed by atoms with Gasteiger partial charge in [0.25, 0.3) is 0 Å². The molecule has 3 aromatic carbocycles. The average Bonchev–Trinajstić information content (AvgIpc) is 3.39. The molecule has 1 fully saturated rings. The number of aromatic carboxylic acids is 1. The van der Waals surface area contributed by atoms with E-state index in [0.29, 0.717) is 22.9 Å². The molecular formula is C27H23F3N4O3. The van der Waals surface area contributed by atoms with Crippen LogP contribution in [0.2, 0.25) is 0 Å². The number of aromatic nitrogens is 3. The molecule has 0 spiro atoms. The summed E-state index contributed by atoms with van der Waals surface area (Å²) in [5, 5.41) is 21.3. The molecule has 1 saturated heterocycles. The Morgan fingerprint density at radius 2 is 1.62 bits per heavy atom. The van der Waals surface area contributed by atoms with Gasteiger partial charge in [-0.25, -0.2) is 9.48 Å². The molecule has 0 radical (unpaired) electrons. The van der Waals surface area contributed by atoms with Gasteiger partial charge in [0.2, 0.25) is 0 Å². The molecule has 2 heterocycles. The molecule has 10 heteroatoms. The highest BCUT2D eigenvalue weighted by Crippen LogP contribution is 2.30. The zero-order chi connectivity index (χ0) is 26.0. The van der Waals surface area contributed by atoms with Gasteiger partial charge in [0, 0.05) is 5.56 Å². The number of carboxylic acid groups (broad SMARTS) is 1. The van der Waals surface area contributed by atoms with Crippen molar-refractivity contribution >= 4 is 5.97 Å². The Hall–Kier alpha value is -4.18. The van der Waals surface area contributed by atoms with Crippen molar-refractivity contribution in [1.29, 1.82) is 0 Å². The lowest BCUT2D eigenvalue weighted by molar-refractivity contribution is -0.274. The van der Waals surface area contributed by atoms with Gasteiger partial charge in [-0.2, -0.15) is 0 Å². The van der Waals surface area contributed by atoms with E-state index < -0.39 is 12.3 Å². The number of benzene rings is 3. The van der Waals surface area contributed by atoms with Gasteiger partial charge in [-0.15, -0.1) is 18.3 Å². The summed E-state index contributed by atoms with van der Waals surface area (Å²) in [4.78, 5) is 11.8. The van der Waals surface area contributed by atoms with Crippen molar-refractivity contribution < 1.29 is 27.8 Å². The summed E-state index contributed by atoms with van der Waals surface area (Å²) in [6.07, 6.45) is -1.01. The third-order valence-corrected chi connectivity index (χ3v) is 6.36. The Balaban J connectivity index is 1.42. The number of piperidine rings is 1. The molecule has 0 saturated carbocycles. The lowest BCUT2D eigenvalue weighted by atomic mass is 9.89. The number of rotatable bonds is 6. The van der Waals surface area contributed by atoms with E-state index in [1.54, 1.807) is 12.3 Å². The van der Waals surface area contributed by atoms with E-state index in [4.69, 9.17) is 0 Å². The molecule has 4 aromatic rings. The number of carboxylic acids is 1. The van der Waals surface area contributed by atoms with Gasteiger partial charge in [-0.3, -0.25) is 0 Å². The molecule has 7 nitrogen and oxygen atoms in total. The fourth-order valence-corrected chi connectivity index (χ4v) is 4.49. The predicted octanol–water partition coefficient (Wildman–Crippen LogP) is 5.67. The molecule has 5 rings (SSSR count). The van der Waals surface area contributed by atoms with Crippen LogP contribution in [0.5, 0.6) is 5.75 Å². The van der Waals surface area contributed by atoms with Crippen LogP contribution in [0.3, 0.4) is 0 Å². The second-order valence-corrected chi connectivity index (χ2v) is 8.84. The summed E-state index contributed by atoms with van der Waals surface area (Å²) in [6.45, 7) is 2.00. The molecule has 37 heavy (non-hydrogen) atoms. The number of nitrogens with one attached hydrogen (secondary N) is 1. The second-order valence-electron chi connectivity index (χ2n) is 8.84. The zero-order valence-electron chi connectivity index (χ0n) is 19.6. The van der Waals surface area contributed by atoms with Crippen LogP contribution < -0.4 is 10.1 Å². The first-order valence-electron chi connectivity index (χ1n) is 11.7. The van der Waals surface area contributed by atoms with E-state index in [9.17, 15) is 23.1 Å². The third kappa shape index (κ3) is 5.80. The maximum atomic E-state index is 12.4. The third-order valence-electron chi connectivity index (χ3n) is 6.36. The van der Waals surface area contributed by atoms with Crippen LogP contribution in [-0.4, -0.2) is 45.5 Å². The number of alkyl halides is 3. The first kappa shape index (κ1) is 24.5. The predicted molar refractivity (Wildman–Crippen MR) is 131 cm³/mol. The average molecular weight is 509 g/mol. The summed E-state index contributed by atoms with van der Waals surface area (Å²) < 4.78 is 42.6. The zero-order valence-corrected chi connectivity index (χ0v) is 19.6. The minimum absolute atomic E-state index is 0.0978. The van der Waals surface area contributed by atoms with Gasteiger partial charge >= 0.3 is 12.3 Å². The smallest absolute Gasteiger partial charge is 0.478 e. The summed E-state index contributed by atoms with van der Waals surface area (Å²) in [6, 6.07) is 18.4. The number of hydrogen-bond acceptors (Lipinski definition) is 5. The van der Waals surface area contributed by atoms with Crippen molar-refractivity contribution in [2.24, 2.45) is 0 Å². The van der Waals surface area contributed by atoms with Gasteiger partial charge in [0.1, 0.15) is 11.4 Å². The van der Waals surface area contributed by atoms with Crippen LogP contribution in [0.15, 0.2) is 72.9 Å². The summed E-state index contributed by atoms with van der Waals surface area (Å²) in [7, 11) is 0. The quantitative estimate of drug-likeness (QED) is 0.349. The number of ether oxygens (including phenoxy) is 1. The molecule has 1 aliphatic rings. The minimum Gasteiger partial charge on any atom is -0.478 e. The normalized spacial score (nSPS) is 14.5. The van der Waals surface area contributed by atoms with Crippen molar-refractivity contribution in [3.63, 3.8) is 0 Å². The Morgan fingerprint density at radius 3 is 2.27 bits per heavy atom. The summed E-state index contributed by atoms with van der Waals surface area (Å²) in [5.74, 6) is -0.900. The summed E-state index contributed by atoms with van der Waals surface area (Å²) >= 11 is 0. The molecule has 190 valence electrons. The van der Waals surface area contributed by atoms with Crippen molar-refractivity contribution in [1.82, 2.24) is 20.3 Å². The largest absolute Gasteiger partial charge is 0.573 e. The van der Waals surface area contributed by atoms with Crippen LogP contribution in [-0.2, 0) is 0 Å². The topological polar surface area (TPSA) is 89.3 Å². The van der Waals surface area contributed by atoms with Crippen LogP contribution >= 0.6 is 0 Å². The molecular weight excluding hydrogens is 485 g/mol. The van der Waals surface area contributed by atoms with Gasteiger partial charge < -0.3 is 15.2 Å². The van der Waals surface area contributed by atoms with Crippen LogP contribution in [0.1, 0.15) is 34.7 Å². The van der Waals surface area contributed by atoms with E-state index in [-0.39, 0.29) is 11.3 Å². The van der Waals surface area contributed by atoms with E-state index >= 15 is 0 Å². The lowest BCUT2D eigenvalue weighted by Gasteiger charge is -2.23. The molecule has 0 aliphatic carbocycles. The maximum absolute atomic E-state index is 12.4. The van der Waals surface area contributed by atoms with Crippen molar-refractivity contribution in [3.05, 3.63) is 84.1 Å². The van der Waals surface area contributed by atoms with Crippen molar-refractivity contribution in [3.8, 4) is 33.8 Å². The molecule has 0 amide bonds. The Labute approximate surface area is 210 Å². The van der Waals surface area contributed by atoms with Crippen molar-refractivity contribution in [2.75, 3.05) is 13.1 Å². The van der Waals surface area contributed by atoms with Crippen LogP contribution in [0, 0.1) is 0 Å². The maximum Gasteiger partial charge on any atom is 0.573 e. The summed E-state index contributed by atoms with van der Waals surface area (Å²) in [5.41, 5.74) is 4.40. The molecule has 1 aromatic heterocycles. The Bertz CT molecular complexity index is 1390. The molecule has 2 N–H and O–H groups in total. The van der Waals surface area contributed by atoms with Gasteiger partial charge in [-0.1, -0.05) is 29.5 Å². The van der Waals surface area contributed by atoms with Crippen LogP contribution in [0.25, 0.3) is 28.1 Å². The highest BCUT2D eigenvalue weighted by Gasteiger charge is 2.31. The van der Waals surface area contributed by atoms with Gasteiger partial charge in [-0.05, 0) is 91.0 Å². The molecule has 0 atom stereocenters. The minimum atomic E-state index is -4.77. The Kier molecular flexibility index (Phi) is 6.66. The SMILES string of the molecule is O=C(O)c1cc(-c2ccc(C3CCNCC3)cc2)cc(-n2cc(-c3ccc(OC(F)(F)F)cc3)nn2)c1. The number of hydrogen-bond donors (Lipinski definition) is 2. The number of halogens is 3. The van der Waals surface area contributed by atoms with Gasteiger partial charge in [0.15, 0.2) is 0 Å². The number of nitrogens with zero attached hydrogens (tertiary/aromatic N) is 3. The molecule has 1 aliphatic heterocycles. The standard InChI is InChI=1S/C27H23F3N4O3/c28-27(29,30)37-24-7-5-20(6-8-24)25-16-34(33-32-25)23-14-21(13-22(15-23)26(35)36)18-3-1-17(2-4-18)19-9-11-31-12-10-19/h1-8,13-16,19,31H,9-12H2,(H,35,36). The van der Waals surface area contributed by atoms with Crippen molar-refractivity contribution in [2.45, 2.75) is 25.1 Å². The monoisotopic (exact) mass is 508 g/mol. The first-order valence-corrected chi connectivity index (χ1v) is 11.7. The highest BCUT2D eigenvalue weighted by atomic mass is 19.4. The second kappa shape index (κ2) is 10.1. The Morgan fingerprint density at radius 1 is 0.946 bits per heavy atom. The number of carbonyl (C=O) groups is 1.